The van der Waals surface area contributed by atoms with Crippen LogP contribution in [0.3, 0.4) is 0 Å². The van der Waals surface area contributed by atoms with E-state index >= 15 is 0 Å². The second-order valence-corrected chi connectivity index (χ2v) is 8.83. The molecule has 10 nitrogen and oxygen atoms in total. The van der Waals surface area contributed by atoms with Gasteiger partial charge in [-0.3, -0.25) is 19.7 Å². The number of aromatic amines is 1. The van der Waals surface area contributed by atoms with Crippen molar-refractivity contribution in [3.05, 3.63) is 88.4 Å². The number of aromatic nitrogens is 6. The Morgan fingerprint density at radius 1 is 1.11 bits per heavy atom. The Morgan fingerprint density at radius 3 is 2.57 bits per heavy atom. The summed E-state index contributed by atoms with van der Waals surface area (Å²) in [5.74, 6) is -0.463. The first-order chi connectivity index (χ1) is 17.0. The van der Waals surface area contributed by atoms with Gasteiger partial charge in [-0.1, -0.05) is 35.6 Å². The largest absolute Gasteiger partial charge is 0.469 e. The third-order valence-corrected chi connectivity index (χ3v) is 6.44. The van der Waals surface area contributed by atoms with Crippen LogP contribution in [0.2, 0.25) is 0 Å². The summed E-state index contributed by atoms with van der Waals surface area (Å²) < 4.78 is 9.02. The zero-order chi connectivity index (χ0) is 24.4. The average Bonchev–Trinajstić information content (AvgIpc) is 3.59. The number of para-hydroxylation sites is 1. The molecule has 2 aromatic carbocycles. The third kappa shape index (κ3) is 4.66. The van der Waals surface area contributed by atoms with E-state index in [2.05, 4.69) is 25.3 Å². The summed E-state index contributed by atoms with van der Waals surface area (Å²) in [6.45, 7) is 2.39. The quantitative estimate of drug-likeness (QED) is 0.278. The molecule has 5 rings (SSSR count). The molecule has 0 saturated heterocycles. The maximum absolute atomic E-state index is 13.5. The Hall–Kier alpha value is -4.38. The Kier molecular flexibility index (Phi) is 6.06. The van der Waals surface area contributed by atoms with Crippen LogP contribution in [0.25, 0.3) is 15.3 Å². The van der Waals surface area contributed by atoms with Gasteiger partial charge >= 0.3 is 5.97 Å². The van der Waals surface area contributed by atoms with Crippen molar-refractivity contribution in [1.82, 2.24) is 29.5 Å². The van der Waals surface area contributed by atoms with Gasteiger partial charge in [-0.05, 0) is 36.8 Å². The maximum Gasteiger partial charge on any atom is 0.311 e. The van der Waals surface area contributed by atoms with Gasteiger partial charge < -0.3 is 9.30 Å². The number of hydrogen-bond acceptors (Lipinski definition) is 8. The van der Waals surface area contributed by atoms with Crippen molar-refractivity contribution in [2.75, 3.05) is 7.11 Å². The van der Waals surface area contributed by atoms with E-state index < -0.39 is 5.97 Å². The van der Waals surface area contributed by atoms with Gasteiger partial charge in [0, 0.05) is 6.54 Å². The Balaban J connectivity index is 1.51. The molecular formula is C24H21N7O3S. The number of H-pyrrole nitrogens is 1. The first-order valence-electron chi connectivity index (χ1n) is 10.8. The second kappa shape index (κ2) is 9.47. The minimum atomic E-state index is -0.463. The van der Waals surface area contributed by atoms with Crippen LogP contribution >= 0.6 is 11.3 Å². The molecule has 0 bridgehead atoms. The number of carbonyl (C=O) groups is 1. The topological polar surface area (TPSA) is 120 Å². The molecule has 0 unspecified atom stereocenters. The van der Waals surface area contributed by atoms with E-state index in [9.17, 15) is 9.59 Å². The molecule has 0 atom stereocenters. The highest BCUT2D eigenvalue weighted by Gasteiger charge is 2.22. The number of methoxy groups -OCH3 is 1. The Morgan fingerprint density at radius 2 is 1.86 bits per heavy atom. The molecule has 0 amide bonds. The molecule has 0 aliphatic rings. The normalized spacial score (nSPS) is 11.8. The standard InChI is InChI=1S/C24H21N7O3S/c1-15(27-17-9-7-16(8-10-17)12-30-13-25-26-14-30)22-19(11-21(32)34-2)29-31(23(22)33)24-28-18-5-3-4-6-20(18)35-24/h3-10,13-14,29H,11-12H2,1-2H3. The number of esters is 1. The van der Waals surface area contributed by atoms with Crippen molar-refractivity contribution in [3.8, 4) is 5.13 Å². The lowest BCUT2D eigenvalue weighted by Gasteiger charge is -2.04. The lowest BCUT2D eigenvalue weighted by molar-refractivity contribution is -0.139. The molecule has 0 spiro atoms. The molecule has 1 N–H and O–H groups in total. The van der Waals surface area contributed by atoms with Crippen molar-refractivity contribution in [2.24, 2.45) is 4.99 Å². The lowest BCUT2D eigenvalue weighted by atomic mass is 10.1. The van der Waals surface area contributed by atoms with Crippen LogP contribution in [0.1, 0.15) is 23.7 Å². The van der Waals surface area contributed by atoms with Crippen LogP contribution in [-0.2, 0) is 22.5 Å². The SMILES string of the molecule is COC(=O)Cc1[nH]n(-c2nc3ccccc3s2)c(=O)c1C(C)=Nc1ccc(Cn2cnnc2)cc1. The minimum Gasteiger partial charge on any atom is -0.469 e. The van der Waals surface area contributed by atoms with Gasteiger partial charge in [0.15, 0.2) is 0 Å². The first kappa shape index (κ1) is 22.4. The molecule has 0 saturated carbocycles. The van der Waals surface area contributed by atoms with Crippen molar-refractivity contribution in [3.63, 3.8) is 0 Å². The molecule has 0 radical (unpaired) electrons. The molecular weight excluding hydrogens is 466 g/mol. The number of nitrogens with zero attached hydrogens (tertiary/aromatic N) is 6. The predicted molar refractivity (Wildman–Crippen MR) is 133 cm³/mol. The molecule has 0 aliphatic carbocycles. The Labute approximate surface area is 203 Å². The highest BCUT2D eigenvalue weighted by molar-refractivity contribution is 7.20. The number of benzene rings is 2. The summed E-state index contributed by atoms with van der Waals surface area (Å²) in [6.07, 6.45) is 3.21. The van der Waals surface area contributed by atoms with E-state index in [4.69, 9.17) is 4.74 Å². The molecule has 3 aromatic heterocycles. The van der Waals surface area contributed by atoms with Gasteiger partial charge in [-0.15, -0.1) is 10.2 Å². The Bertz CT molecular complexity index is 1540. The molecule has 5 aromatic rings. The lowest BCUT2D eigenvalue weighted by Crippen LogP contribution is -2.19. The summed E-state index contributed by atoms with van der Waals surface area (Å²) in [6, 6.07) is 15.3. The monoisotopic (exact) mass is 487 g/mol. The van der Waals surface area contributed by atoms with Crippen molar-refractivity contribution < 1.29 is 9.53 Å². The summed E-state index contributed by atoms with van der Waals surface area (Å²) in [7, 11) is 1.31. The minimum absolute atomic E-state index is 0.0935. The van der Waals surface area contributed by atoms with E-state index in [1.807, 2.05) is 53.1 Å². The van der Waals surface area contributed by atoms with Crippen LogP contribution in [0.4, 0.5) is 5.69 Å². The summed E-state index contributed by atoms with van der Waals surface area (Å²) in [5, 5.41) is 11.2. The molecule has 0 fully saturated rings. The van der Waals surface area contributed by atoms with Gasteiger partial charge in [0.1, 0.15) is 12.7 Å². The van der Waals surface area contributed by atoms with Gasteiger partial charge in [-0.25, -0.2) is 4.98 Å². The molecule has 0 aliphatic heterocycles. The number of thiazole rings is 1. The first-order valence-corrected chi connectivity index (χ1v) is 11.6. The zero-order valence-electron chi connectivity index (χ0n) is 19.0. The third-order valence-electron chi connectivity index (χ3n) is 5.41. The predicted octanol–water partition coefficient (Wildman–Crippen LogP) is 3.27. The van der Waals surface area contributed by atoms with Crippen molar-refractivity contribution in [2.45, 2.75) is 19.9 Å². The number of aliphatic imine (C=N–C) groups is 1. The van der Waals surface area contributed by atoms with E-state index in [0.29, 0.717) is 34.3 Å². The fourth-order valence-electron chi connectivity index (χ4n) is 3.73. The number of carbonyl (C=O) groups excluding carboxylic acids is 1. The van der Waals surface area contributed by atoms with E-state index in [-0.39, 0.29) is 12.0 Å². The number of nitrogens with one attached hydrogen (secondary N) is 1. The summed E-state index contributed by atoms with van der Waals surface area (Å²) >= 11 is 1.38. The van der Waals surface area contributed by atoms with Gasteiger partial charge in [0.2, 0.25) is 5.13 Å². The maximum atomic E-state index is 13.5. The highest BCUT2D eigenvalue weighted by Crippen LogP contribution is 2.24. The number of fused-ring (bicyclic) bond motifs is 1. The smallest absolute Gasteiger partial charge is 0.311 e. The molecule has 11 heteroatoms. The van der Waals surface area contributed by atoms with E-state index in [0.717, 1.165) is 15.8 Å². The number of hydrogen-bond donors (Lipinski definition) is 1. The molecule has 35 heavy (non-hydrogen) atoms. The van der Waals surface area contributed by atoms with Gasteiger partial charge in [0.05, 0.1) is 46.4 Å². The van der Waals surface area contributed by atoms with Gasteiger partial charge in [-0.2, -0.15) is 4.68 Å². The zero-order valence-corrected chi connectivity index (χ0v) is 19.8. The number of rotatable bonds is 7. The van der Waals surface area contributed by atoms with Crippen molar-refractivity contribution in [1.29, 1.82) is 0 Å². The summed E-state index contributed by atoms with van der Waals surface area (Å²) in [4.78, 5) is 34.7. The van der Waals surface area contributed by atoms with Crippen LogP contribution in [0.15, 0.2) is 71.0 Å². The van der Waals surface area contributed by atoms with E-state index in [1.54, 1.807) is 19.6 Å². The van der Waals surface area contributed by atoms with E-state index in [1.165, 1.54) is 23.1 Å². The average molecular weight is 488 g/mol. The van der Waals surface area contributed by atoms with Crippen molar-refractivity contribution >= 4 is 38.9 Å². The molecule has 176 valence electrons. The van der Waals surface area contributed by atoms with Crippen LogP contribution in [0.5, 0.6) is 0 Å². The van der Waals surface area contributed by atoms with Crippen LogP contribution in [0, 0.1) is 0 Å². The fourth-order valence-corrected chi connectivity index (χ4v) is 4.66. The van der Waals surface area contributed by atoms with Crippen LogP contribution < -0.4 is 5.56 Å². The second-order valence-electron chi connectivity index (χ2n) is 7.82. The molecule has 3 heterocycles. The number of ether oxygens (including phenoxy) is 1. The van der Waals surface area contributed by atoms with Gasteiger partial charge in [0.25, 0.3) is 5.56 Å². The summed E-state index contributed by atoms with van der Waals surface area (Å²) in [5.41, 5.74) is 3.45. The van der Waals surface area contributed by atoms with Crippen LogP contribution in [-0.4, -0.2) is 48.3 Å². The fraction of sp³-hybridized carbons (Fsp3) is 0.167. The highest BCUT2D eigenvalue weighted by atomic mass is 32.1.